The van der Waals surface area contributed by atoms with Crippen molar-refractivity contribution in [3.8, 4) is 5.75 Å². The fraction of sp³-hybridized carbons (Fsp3) is 0.429. The van der Waals surface area contributed by atoms with Gasteiger partial charge in [0.1, 0.15) is 12.4 Å². The van der Waals surface area contributed by atoms with E-state index in [1.54, 1.807) is 17.7 Å². The third kappa shape index (κ3) is 4.05. The summed E-state index contributed by atoms with van der Waals surface area (Å²) in [4.78, 5) is 10.5. The molecular formula is C35H36N2O3. The Morgan fingerprint density at radius 2 is 1.60 bits per heavy atom. The number of rotatable bonds is 6. The number of fused-ring (bicyclic) bond motifs is 3. The van der Waals surface area contributed by atoms with Crippen LogP contribution in [0.1, 0.15) is 79.2 Å². The van der Waals surface area contributed by atoms with Crippen LogP contribution in [0.4, 0.5) is 11.4 Å². The molecule has 4 fully saturated rings. The molecule has 0 spiro atoms. The lowest BCUT2D eigenvalue weighted by molar-refractivity contribution is -0.384. The van der Waals surface area contributed by atoms with E-state index in [9.17, 15) is 10.1 Å². The molecule has 3 atom stereocenters. The van der Waals surface area contributed by atoms with Crippen molar-refractivity contribution in [2.24, 2.45) is 23.7 Å². The van der Waals surface area contributed by atoms with Gasteiger partial charge in [0.25, 0.3) is 5.69 Å². The van der Waals surface area contributed by atoms with Crippen molar-refractivity contribution in [2.45, 2.75) is 68.9 Å². The molecule has 1 aliphatic heterocycles. The lowest BCUT2D eigenvalue weighted by Crippen LogP contribution is -2.48. The summed E-state index contributed by atoms with van der Waals surface area (Å²) in [5.74, 6) is 4.68. The van der Waals surface area contributed by atoms with E-state index in [0.717, 1.165) is 35.5 Å². The molecule has 5 nitrogen and oxygen atoms in total. The van der Waals surface area contributed by atoms with Crippen molar-refractivity contribution in [1.82, 2.24) is 0 Å². The van der Waals surface area contributed by atoms with Gasteiger partial charge < -0.3 is 10.1 Å². The van der Waals surface area contributed by atoms with E-state index in [1.807, 2.05) is 12.1 Å². The van der Waals surface area contributed by atoms with E-state index < -0.39 is 0 Å². The fourth-order valence-corrected chi connectivity index (χ4v) is 9.37. The van der Waals surface area contributed by atoms with Crippen molar-refractivity contribution >= 4 is 11.4 Å². The molecule has 0 unspecified atom stereocenters. The highest BCUT2D eigenvalue weighted by Crippen LogP contribution is 2.61. The molecule has 4 saturated carbocycles. The highest BCUT2D eigenvalue weighted by Gasteiger charge is 2.52. The highest BCUT2D eigenvalue weighted by molar-refractivity contribution is 5.61. The molecule has 5 aliphatic carbocycles. The van der Waals surface area contributed by atoms with E-state index >= 15 is 0 Å². The molecule has 9 rings (SSSR count). The zero-order valence-corrected chi connectivity index (χ0v) is 22.8. The second-order valence-electron chi connectivity index (χ2n) is 13.3. The molecular weight excluding hydrogens is 496 g/mol. The highest BCUT2D eigenvalue weighted by atomic mass is 16.6. The Kier molecular flexibility index (Phi) is 5.58. The van der Waals surface area contributed by atoms with Gasteiger partial charge in [-0.2, -0.15) is 0 Å². The maximum absolute atomic E-state index is 10.9. The normalized spacial score (nSPS) is 32.8. The van der Waals surface area contributed by atoms with Crippen molar-refractivity contribution < 1.29 is 9.66 Å². The SMILES string of the molecule is O=[N+]([O-])c1ccc(COc2ccc([C@@H]3Nc4ccc(C56CC7CC(CC(C7)C5)C6)cc4[C@@H]4C=CC[C@@H]43)cc2)cc1. The van der Waals surface area contributed by atoms with Gasteiger partial charge in [-0.25, -0.2) is 0 Å². The number of non-ortho nitro benzene ring substituents is 1. The Morgan fingerprint density at radius 3 is 2.27 bits per heavy atom. The van der Waals surface area contributed by atoms with Crippen LogP contribution in [0.15, 0.2) is 78.9 Å². The molecule has 0 aromatic heterocycles. The van der Waals surface area contributed by atoms with Crippen LogP contribution in [0.2, 0.25) is 0 Å². The van der Waals surface area contributed by atoms with Crippen LogP contribution < -0.4 is 10.1 Å². The maximum atomic E-state index is 10.9. The van der Waals surface area contributed by atoms with Gasteiger partial charge in [0.2, 0.25) is 0 Å². The summed E-state index contributed by atoms with van der Waals surface area (Å²) in [6, 6.07) is 22.7. The lowest BCUT2D eigenvalue weighted by Gasteiger charge is -2.57. The minimum atomic E-state index is -0.381. The molecule has 204 valence electrons. The van der Waals surface area contributed by atoms with Crippen molar-refractivity contribution in [3.63, 3.8) is 0 Å². The molecule has 0 amide bonds. The first-order chi connectivity index (χ1) is 19.5. The lowest BCUT2D eigenvalue weighted by atomic mass is 9.48. The Balaban J connectivity index is 1.00. The van der Waals surface area contributed by atoms with Crippen LogP contribution >= 0.6 is 0 Å². The van der Waals surface area contributed by atoms with Crippen LogP contribution in [0.3, 0.4) is 0 Å². The molecule has 3 aromatic rings. The first-order valence-electron chi connectivity index (χ1n) is 15.1. The van der Waals surface area contributed by atoms with Crippen LogP contribution in [-0.4, -0.2) is 4.92 Å². The molecule has 3 aromatic carbocycles. The van der Waals surface area contributed by atoms with Gasteiger partial charge in [0.15, 0.2) is 0 Å². The molecule has 4 bridgehead atoms. The maximum Gasteiger partial charge on any atom is 0.269 e. The fourth-order valence-electron chi connectivity index (χ4n) is 9.37. The topological polar surface area (TPSA) is 64.4 Å². The second kappa shape index (κ2) is 9.22. The molecule has 0 radical (unpaired) electrons. The van der Waals surface area contributed by atoms with Crippen molar-refractivity contribution in [3.05, 3.63) is 111 Å². The predicted octanol–water partition coefficient (Wildman–Crippen LogP) is 8.47. The smallest absolute Gasteiger partial charge is 0.269 e. The first kappa shape index (κ1) is 24.2. The van der Waals surface area contributed by atoms with Gasteiger partial charge in [0, 0.05) is 23.7 Å². The van der Waals surface area contributed by atoms with Gasteiger partial charge in [-0.3, -0.25) is 10.1 Å². The zero-order chi connectivity index (χ0) is 26.8. The van der Waals surface area contributed by atoms with E-state index in [2.05, 4.69) is 47.8 Å². The van der Waals surface area contributed by atoms with Crippen LogP contribution in [-0.2, 0) is 12.0 Å². The van der Waals surface area contributed by atoms with Gasteiger partial charge in [-0.05, 0) is 127 Å². The molecule has 0 saturated heterocycles. The number of benzene rings is 3. The van der Waals surface area contributed by atoms with E-state index in [1.165, 1.54) is 67.5 Å². The molecule has 40 heavy (non-hydrogen) atoms. The Morgan fingerprint density at radius 1 is 0.900 bits per heavy atom. The summed E-state index contributed by atoms with van der Waals surface area (Å²) in [5, 5.41) is 14.8. The number of nitrogens with zero attached hydrogens (tertiary/aromatic N) is 1. The third-order valence-electron chi connectivity index (χ3n) is 10.8. The average Bonchev–Trinajstić information content (AvgIpc) is 3.46. The van der Waals surface area contributed by atoms with Crippen molar-refractivity contribution in [1.29, 1.82) is 0 Å². The number of anilines is 1. The quantitative estimate of drug-likeness (QED) is 0.196. The van der Waals surface area contributed by atoms with Crippen LogP contribution in [0.25, 0.3) is 0 Å². The standard InChI is InChI=1S/C35H36N2O3/c38-37(39)28-9-4-22(5-10-28)21-40-29-11-6-26(7-12-29)34-31-3-1-2-30(31)32-17-27(8-13-33(32)36-34)35-18-23-14-24(19-35)16-25(15-23)20-35/h1-2,4-13,17,23-25,30-31,34,36H,3,14-16,18-21H2/t23?,24?,25?,30-,31+,34+,35?/m1/s1. The molecule has 5 heteroatoms. The zero-order valence-electron chi connectivity index (χ0n) is 22.8. The largest absolute Gasteiger partial charge is 0.489 e. The van der Waals surface area contributed by atoms with E-state index in [0.29, 0.717) is 23.9 Å². The minimum absolute atomic E-state index is 0.0957. The average molecular weight is 533 g/mol. The molecule has 1 heterocycles. The van der Waals surface area contributed by atoms with Gasteiger partial charge in [-0.1, -0.05) is 36.4 Å². The Labute approximate surface area is 235 Å². The third-order valence-corrected chi connectivity index (χ3v) is 10.8. The van der Waals surface area contributed by atoms with E-state index in [4.69, 9.17) is 4.74 Å². The monoisotopic (exact) mass is 532 g/mol. The Hall–Kier alpha value is -3.60. The molecule has 1 N–H and O–H groups in total. The number of allylic oxidation sites excluding steroid dienone is 2. The number of nitrogens with one attached hydrogen (secondary N) is 1. The summed E-state index contributed by atoms with van der Waals surface area (Å²) < 4.78 is 5.99. The second-order valence-corrected chi connectivity index (χ2v) is 13.3. The number of ether oxygens (including phenoxy) is 1. The Bertz CT molecular complexity index is 1440. The number of nitro benzene ring substituents is 1. The summed E-state index contributed by atoms with van der Waals surface area (Å²) in [7, 11) is 0. The summed E-state index contributed by atoms with van der Waals surface area (Å²) in [6.07, 6.45) is 14.6. The molecule has 6 aliphatic rings. The van der Waals surface area contributed by atoms with E-state index in [-0.39, 0.29) is 16.7 Å². The predicted molar refractivity (Wildman–Crippen MR) is 157 cm³/mol. The summed E-state index contributed by atoms with van der Waals surface area (Å²) in [5.41, 5.74) is 7.15. The minimum Gasteiger partial charge on any atom is -0.489 e. The number of nitro groups is 1. The number of hydrogen-bond acceptors (Lipinski definition) is 4. The van der Waals surface area contributed by atoms with Gasteiger partial charge in [0.05, 0.1) is 11.0 Å². The summed E-state index contributed by atoms with van der Waals surface area (Å²) >= 11 is 0. The van der Waals surface area contributed by atoms with Crippen LogP contribution in [0.5, 0.6) is 5.75 Å². The summed E-state index contributed by atoms with van der Waals surface area (Å²) in [6.45, 7) is 0.382. The van der Waals surface area contributed by atoms with Crippen LogP contribution in [0, 0.1) is 33.8 Å². The van der Waals surface area contributed by atoms with Crippen molar-refractivity contribution in [2.75, 3.05) is 5.32 Å². The first-order valence-corrected chi connectivity index (χ1v) is 15.1. The van der Waals surface area contributed by atoms with Gasteiger partial charge in [-0.15, -0.1) is 0 Å². The number of hydrogen-bond donors (Lipinski definition) is 1. The van der Waals surface area contributed by atoms with Gasteiger partial charge >= 0.3 is 0 Å².